The van der Waals surface area contributed by atoms with Gasteiger partial charge in [0.2, 0.25) is 0 Å². The van der Waals surface area contributed by atoms with Gasteiger partial charge in [-0.15, -0.1) is 11.5 Å². The average Bonchev–Trinajstić information content (AvgIpc) is 2.39. The van der Waals surface area contributed by atoms with Crippen molar-refractivity contribution in [3.8, 4) is 11.5 Å². The van der Waals surface area contributed by atoms with E-state index in [1.165, 1.54) is 0 Å². The van der Waals surface area contributed by atoms with E-state index in [-0.39, 0.29) is 5.04 Å². The first-order chi connectivity index (χ1) is 11.9. The van der Waals surface area contributed by atoms with Crippen molar-refractivity contribution in [2.24, 2.45) is 0 Å². The van der Waals surface area contributed by atoms with E-state index in [2.05, 4.69) is 70.3 Å². The maximum atomic E-state index is 12.3. The smallest absolute Gasteiger partial charge is 0.408 e. The summed E-state index contributed by atoms with van der Waals surface area (Å²) < 4.78 is 11.6. The van der Waals surface area contributed by atoms with Gasteiger partial charge >= 0.3 is 6.09 Å². The zero-order valence-electron chi connectivity index (χ0n) is 19.1. The van der Waals surface area contributed by atoms with Gasteiger partial charge in [-0.2, -0.15) is 0 Å². The quantitative estimate of drug-likeness (QED) is 0.388. The lowest BCUT2D eigenvalue weighted by atomic mass is 10.1. The molecule has 7 heteroatoms. The largest absolute Gasteiger partial charge is 0.444 e. The molecule has 0 spiro atoms. The molecule has 0 aliphatic rings. The first-order valence-electron chi connectivity index (χ1n) is 9.51. The molecule has 1 amide bonds. The Hall–Kier alpha value is -1.11. The van der Waals surface area contributed by atoms with Gasteiger partial charge < -0.3 is 19.3 Å². The highest BCUT2D eigenvalue weighted by Gasteiger charge is 2.41. The summed E-state index contributed by atoms with van der Waals surface area (Å²) in [5.74, 6) is 3.15. The average molecular weight is 414 g/mol. The Labute approximate surface area is 168 Å². The van der Waals surface area contributed by atoms with Crippen LogP contribution in [0.4, 0.5) is 4.79 Å². The molecule has 5 nitrogen and oxygen atoms in total. The number of aldehydes is 1. The minimum atomic E-state index is -2.19. The third kappa shape index (κ3) is 10.7. The summed E-state index contributed by atoms with van der Waals surface area (Å²) in [6.45, 7) is 22.4. The highest BCUT2D eigenvalue weighted by Crippen LogP contribution is 2.37. The Kier molecular flexibility index (Phi) is 9.01. The molecule has 0 fully saturated rings. The van der Waals surface area contributed by atoms with E-state index >= 15 is 0 Å². The summed E-state index contributed by atoms with van der Waals surface area (Å²) in [5, 5.41) is 2.76. The molecule has 27 heavy (non-hydrogen) atoms. The van der Waals surface area contributed by atoms with Gasteiger partial charge in [0.05, 0.1) is 6.04 Å². The number of ether oxygens (including phenoxy) is 1. The van der Waals surface area contributed by atoms with Gasteiger partial charge in [0.1, 0.15) is 26.1 Å². The van der Waals surface area contributed by atoms with E-state index in [9.17, 15) is 9.59 Å². The summed E-state index contributed by atoms with van der Waals surface area (Å²) in [6, 6.07) is -0.546. The van der Waals surface area contributed by atoms with Gasteiger partial charge in [-0.05, 0) is 38.9 Å². The first-order valence-corrected chi connectivity index (χ1v) is 15.9. The van der Waals surface area contributed by atoms with Crippen LogP contribution in [0.1, 0.15) is 48.0 Å². The fraction of sp³-hybridized carbons (Fsp3) is 0.800. The number of hydrogen-bond acceptors (Lipinski definition) is 4. The standard InChI is InChI=1S/C20H39NO4Si2/c1-19(2,3)24-18(23)21-16(13-12-14-26(7,8)9)17(15-22)25-27(10,11)20(4,5)6/h15-17H,13H2,1-11H3,(H,21,23)/t16-,17+/m0/s1. The lowest BCUT2D eigenvalue weighted by Crippen LogP contribution is -2.53. The van der Waals surface area contributed by atoms with Gasteiger partial charge in [0.25, 0.3) is 0 Å². The second kappa shape index (κ2) is 9.40. The predicted octanol–water partition coefficient (Wildman–Crippen LogP) is 4.74. The lowest BCUT2D eigenvalue weighted by Gasteiger charge is -2.39. The number of carbonyl (C=O) groups is 2. The topological polar surface area (TPSA) is 64.6 Å². The van der Waals surface area contributed by atoms with E-state index < -0.39 is 40.2 Å². The van der Waals surface area contributed by atoms with Crippen LogP contribution in [0.5, 0.6) is 0 Å². The van der Waals surface area contributed by atoms with Crippen LogP contribution in [0.3, 0.4) is 0 Å². The third-order valence-electron chi connectivity index (χ3n) is 4.26. The summed E-state index contributed by atoms with van der Waals surface area (Å²) >= 11 is 0. The SMILES string of the molecule is CC(C)(C)OC(=O)N[C@@H](CC#C[Si](C)(C)C)[C@@H](C=O)O[Si](C)(C)C(C)(C)C. The van der Waals surface area contributed by atoms with Crippen LogP contribution in [-0.2, 0) is 14.0 Å². The van der Waals surface area contributed by atoms with Crippen LogP contribution in [0.15, 0.2) is 0 Å². The van der Waals surface area contributed by atoms with Crippen molar-refractivity contribution >= 4 is 28.8 Å². The van der Waals surface area contributed by atoms with Crippen molar-refractivity contribution in [2.45, 2.75) is 103 Å². The molecule has 0 unspecified atom stereocenters. The molecule has 0 radical (unpaired) electrons. The fourth-order valence-electron chi connectivity index (χ4n) is 1.86. The Balaban J connectivity index is 5.53. The Morgan fingerprint density at radius 2 is 1.59 bits per heavy atom. The van der Waals surface area contributed by atoms with E-state index in [0.717, 1.165) is 6.29 Å². The Bertz CT molecular complexity index is 572. The molecule has 0 rings (SSSR count). The summed E-state index contributed by atoms with van der Waals surface area (Å²) in [5.41, 5.74) is 2.67. The van der Waals surface area contributed by atoms with Crippen molar-refractivity contribution in [2.75, 3.05) is 0 Å². The molecule has 0 bridgehead atoms. The molecule has 1 N–H and O–H groups in total. The zero-order chi connectivity index (χ0) is 21.7. The van der Waals surface area contributed by atoms with E-state index in [1.807, 2.05) is 0 Å². The second-order valence-electron chi connectivity index (χ2n) is 10.5. The first kappa shape index (κ1) is 25.9. The highest BCUT2D eigenvalue weighted by atomic mass is 28.4. The highest BCUT2D eigenvalue weighted by molar-refractivity contribution is 6.83. The zero-order valence-corrected chi connectivity index (χ0v) is 21.1. The molecule has 0 aromatic carbocycles. The predicted molar refractivity (Wildman–Crippen MR) is 117 cm³/mol. The van der Waals surface area contributed by atoms with Gasteiger partial charge in [-0.1, -0.05) is 40.4 Å². The third-order valence-corrected chi connectivity index (χ3v) is 9.66. The fourth-order valence-corrected chi connectivity index (χ4v) is 3.74. The van der Waals surface area contributed by atoms with Crippen molar-refractivity contribution in [3.63, 3.8) is 0 Å². The van der Waals surface area contributed by atoms with Crippen molar-refractivity contribution < 1.29 is 18.8 Å². The number of amides is 1. The van der Waals surface area contributed by atoms with Gasteiger partial charge in [0, 0.05) is 6.42 Å². The molecule has 0 saturated heterocycles. The van der Waals surface area contributed by atoms with Crippen LogP contribution in [0.2, 0.25) is 37.8 Å². The van der Waals surface area contributed by atoms with Crippen molar-refractivity contribution in [3.05, 3.63) is 0 Å². The Morgan fingerprint density at radius 3 is 1.96 bits per heavy atom. The molecule has 0 saturated carbocycles. The molecular weight excluding hydrogens is 374 g/mol. The van der Waals surface area contributed by atoms with Gasteiger partial charge in [-0.3, -0.25) is 0 Å². The van der Waals surface area contributed by atoms with Crippen LogP contribution in [-0.4, -0.2) is 46.5 Å². The molecule has 0 heterocycles. The van der Waals surface area contributed by atoms with Crippen LogP contribution in [0.25, 0.3) is 0 Å². The number of alkyl carbamates (subject to hydrolysis) is 1. The minimum absolute atomic E-state index is 0.0469. The number of nitrogens with one attached hydrogen (secondary N) is 1. The van der Waals surface area contributed by atoms with Crippen LogP contribution >= 0.6 is 0 Å². The second-order valence-corrected chi connectivity index (χ2v) is 20.0. The summed E-state index contributed by atoms with van der Waals surface area (Å²) in [7, 11) is -3.74. The molecule has 2 atom stereocenters. The molecule has 0 aromatic heterocycles. The molecule has 156 valence electrons. The molecule has 0 aliphatic heterocycles. The summed E-state index contributed by atoms with van der Waals surface area (Å²) in [6.07, 6.45) is -0.192. The minimum Gasteiger partial charge on any atom is -0.444 e. The van der Waals surface area contributed by atoms with Crippen molar-refractivity contribution in [1.29, 1.82) is 0 Å². The molecule has 0 aliphatic carbocycles. The number of carbonyl (C=O) groups excluding carboxylic acids is 2. The Morgan fingerprint density at radius 1 is 1.07 bits per heavy atom. The van der Waals surface area contributed by atoms with Crippen LogP contribution < -0.4 is 5.32 Å². The van der Waals surface area contributed by atoms with E-state index in [1.54, 1.807) is 20.8 Å². The van der Waals surface area contributed by atoms with E-state index in [4.69, 9.17) is 9.16 Å². The van der Waals surface area contributed by atoms with Gasteiger partial charge in [0.15, 0.2) is 8.32 Å². The monoisotopic (exact) mass is 413 g/mol. The summed E-state index contributed by atoms with van der Waals surface area (Å²) in [4.78, 5) is 24.1. The molecular formula is C20H39NO4Si2. The number of hydrogen-bond donors (Lipinski definition) is 1. The van der Waals surface area contributed by atoms with E-state index in [0.29, 0.717) is 6.42 Å². The lowest BCUT2D eigenvalue weighted by molar-refractivity contribution is -0.115. The van der Waals surface area contributed by atoms with Crippen LogP contribution in [0, 0.1) is 11.5 Å². The normalized spacial score (nSPS) is 15.2. The van der Waals surface area contributed by atoms with Crippen molar-refractivity contribution in [1.82, 2.24) is 5.32 Å². The van der Waals surface area contributed by atoms with Gasteiger partial charge in [-0.25, -0.2) is 4.79 Å². The maximum absolute atomic E-state index is 12.3. The maximum Gasteiger partial charge on any atom is 0.408 e. The number of rotatable bonds is 6. The molecule has 0 aromatic rings.